The molecule has 3 rings (SSSR count). The van der Waals surface area contributed by atoms with Crippen LogP contribution in [-0.2, 0) is 16.9 Å². The van der Waals surface area contributed by atoms with Crippen LogP contribution in [0.5, 0.6) is 0 Å². The lowest BCUT2D eigenvalue weighted by Gasteiger charge is -2.23. The maximum atomic E-state index is 12.8. The minimum atomic E-state index is -1.01. The number of benzene rings is 1. The van der Waals surface area contributed by atoms with E-state index in [0.29, 0.717) is 13.2 Å². The fourth-order valence-electron chi connectivity index (χ4n) is 2.88. The Labute approximate surface area is 149 Å². The summed E-state index contributed by atoms with van der Waals surface area (Å²) >= 11 is 7.46. The zero-order valence-electron chi connectivity index (χ0n) is 13.5. The van der Waals surface area contributed by atoms with Crippen molar-refractivity contribution in [3.63, 3.8) is 0 Å². The van der Waals surface area contributed by atoms with Gasteiger partial charge in [0.2, 0.25) is 0 Å². The number of hydrogen-bond acceptors (Lipinski definition) is 3. The first kappa shape index (κ1) is 17.0. The highest BCUT2D eigenvalue weighted by molar-refractivity contribution is 7.16. The lowest BCUT2D eigenvalue weighted by molar-refractivity contribution is -0.900. The van der Waals surface area contributed by atoms with Crippen molar-refractivity contribution in [2.24, 2.45) is 0 Å². The van der Waals surface area contributed by atoms with Crippen LogP contribution in [0.4, 0.5) is 4.79 Å². The second-order valence-corrected chi connectivity index (χ2v) is 7.95. The molecule has 1 aromatic heterocycles. The molecule has 0 radical (unpaired) electrons. The molecule has 2 N–H and O–H groups in total. The molecular formula is C17H19ClN3O2S+. The number of halogens is 1. The second kappa shape index (κ2) is 6.55. The molecule has 1 unspecified atom stereocenters. The molecule has 3 amide bonds. The fourth-order valence-corrected chi connectivity index (χ4v) is 4.08. The van der Waals surface area contributed by atoms with E-state index in [2.05, 4.69) is 5.32 Å². The normalized spacial score (nSPS) is 21.9. The Balaban J connectivity index is 1.72. The van der Waals surface area contributed by atoms with E-state index >= 15 is 0 Å². The Kier molecular flexibility index (Phi) is 4.62. The average molecular weight is 365 g/mol. The van der Waals surface area contributed by atoms with Crippen LogP contribution in [0, 0.1) is 0 Å². The van der Waals surface area contributed by atoms with Gasteiger partial charge in [-0.1, -0.05) is 41.9 Å². The maximum absolute atomic E-state index is 12.8. The highest BCUT2D eigenvalue weighted by Crippen LogP contribution is 2.28. The molecule has 2 heterocycles. The molecule has 0 aliphatic carbocycles. The van der Waals surface area contributed by atoms with Gasteiger partial charge in [0.25, 0.3) is 5.91 Å². The summed E-state index contributed by atoms with van der Waals surface area (Å²) in [4.78, 5) is 28.6. The Bertz CT molecular complexity index is 764. The summed E-state index contributed by atoms with van der Waals surface area (Å²) < 4.78 is 0.740. The highest BCUT2D eigenvalue weighted by atomic mass is 35.5. The number of urea groups is 1. The van der Waals surface area contributed by atoms with Crippen LogP contribution in [0.15, 0.2) is 42.5 Å². The SMILES string of the molecule is C[NH+](Cc1ccc(Cl)s1)CN1C(=O)N[C@@](C)(c2ccccc2)C1=O. The highest BCUT2D eigenvalue weighted by Gasteiger charge is 2.49. The molecule has 0 spiro atoms. The van der Waals surface area contributed by atoms with E-state index in [1.54, 1.807) is 6.92 Å². The van der Waals surface area contributed by atoms with Gasteiger partial charge in [0.05, 0.1) is 16.3 Å². The number of nitrogens with one attached hydrogen (secondary N) is 2. The molecule has 2 atom stereocenters. The van der Waals surface area contributed by atoms with Gasteiger partial charge in [0.15, 0.2) is 6.67 Å². The Hall–Kier alpha value is -1.89. The van der Waals surface area contributed by atoms with E-state index in [1.807, 2.05) is 49.5 Å². The molecule has 1 saturated heterocycles. The average Bonchev–Trinajstić information content (AvgIpc) is 3.05. The second-order valence-electron chi connectivity index (χ2n) is 6.15. The molecule has 0 bridgehead atoms. The summed E-state index contributed by atoms with van der Waals surface area (Å²) in [6, 6.07) is 12.8. The Morgan fingerprint density at radius 3 is 2.54 bits per heavy atom. The number of thiophene rings is 1. The smallest absolute Gasteiger partial charge is 0.319 e. The van der Waals surface area contributed by atoms with E-state index in [4.69, 9.17) is 11.6 Å². The van der Waals surface area contributed by atoms with Crippen LogP contribution in [0.1, 0.15) is 17.4 Å². The van der Waals surface area contributed by atoms with Crippen molar-refractivity contribution < 1.29 is 14.5 Å². The molecule has 5 nitrogen and oxygen atoms in total. The van der Waals surface area contributed by atoms with Crippen LogP contribution in [-0.4, -0.2) is 30.6 Å². The Morgan fingerprint density at radius 2 is 1.92 bits per heavy atom. The molecule has 2 aromatic rings. The van der Waals surface area contributed by atoms with Gasteiger partial charge < -0.3 is 10.2 Å². The first-order chi connectivity index (χ1) is 11.4. The van der Waals surface area contributed by atoms with Crippen LogP contribution < -0.4 is 10.2 Å². The van der Waals surface area contributed by atoms with Crippen molar-refractivity contribution in [2.45, 2.75) is 19.0 Å². The first-order valence-electron chi connectivity index (χ1n) is 7.65. The monoisotopic (exact) mass is 364 g/mol. The Morgan fingerprint density at radius 1 is 1.21 bits per heavy atom. The summed E-state index contributed by atoms with van der Waals surface area (Å²) in [5, 5.41) is 2.83. The topological polar surface area (TPSA) is 53.9 Å². The van der Waals surface area contributed by atoms with Gasteiger partial charge in [-0.3, -0.25) is 4.79 Å². The van der Waals surface area contributed by atoms with Crippen molar-refractivity contribution in [3.05, 3.63) is 57.2 Å². The van der Waals surface area contributed by atoms with Crippen molar-refractivity contribution in [1.29, 1.82) is 0 Å². The molecule has 1 aliphatic heterocycles. The number of quaternary nitrogens is 1. The van der Waals surface area contributed by atoms with Crippen molar-refractivity contribution in [2.75, 3.05) is 13.7 Å². The van der Waals surface area contributed by atoms with E-state index in [9.17, 15) is 9.59 Å². The maximum Gasteiger partial charge on any atom is 0.329 e. The number of carbonyl (C=O) groups excluding carboxylic acids is 2. The van der Waals surface area contributed by atoms with Crippen LogP contribution >= 0.6 is 22.9 Å². The number of amides is 3. The third-order valence-electron chi connectivity index (χ3n) is 4.16. The van der Waals surface area contributed by atoms with E-state index in [-0.39, 0.29) is 11.9 Å². The van der Waals surface area contributed by atoms with E-state index in [1.165, 1.54) is 16.2 Å². The van der Waals surface area contributed by atoms with Gasteiger partial charge in [-0.15, -0.1) is 11.3 Å². The molecule has 0 saturated carbocycles. The molecular weight excluding hydrogens is 346 g/mol. The van der Waals surface area contributed by atoms with Crippen LogP contribution in [0.2, 0.25) is 4.34 Å². The molecule has 1 aliphatic rings. The molecule has 7 heteroatoms. The summed E-state index contributed by atoms with van der Waals surface area (Å²) in [5.41, 5.74) is -0.223. The largest absolute Gasteiger partial charge is 0.329 e. The zero-order chi connectivity index (χ0) is 17.3. The molecule has 24 heavy (non-hydrogen) atoms. The lowest BCUT2D eigenvalue weighted by Crippen LogP contribution is -3.09. The summed E-state index contributed by atoms with van der Waals surface area (Å²) in [6.45, 7) is 2.76. The molecule has 1 aromatic carbocycles. The minimum absolute atomic E-state index is 0.220. The predicted molar refractivity (Wildman–Crippen MR) is 94.0 cm³/mol. The predicted octanol–water partition coefficient (Wildman–Crippen LogP) is 1.84. The third-order valence-corrected chi connectivity index (χ3v) is 5.39. The van der Waals surface area contributed by atoms with Crippen LogP contribution in [0.3, 0.4) is 0 Å². The van der Waals surface area contributed by atoms with Crippen molar-refractivity contribution in [3.8, 4) is 0 Å². The minimum Gasteiger partial charge on any atom is -0.319 e. The first-order valence-corrected chi connectivity index (χ1v) is 8.85. The standard InChI is InChI=1S/C17H18ClN3O2S/c1-17(12-6-4-3-5-7-12)15(22)21(16(23)19-17)11-20(2)10-13-8-9-14(18)24-13/h3-9H,10-11H2,1-2H3,(H,19,23)/p+1/t17-/m0/s1. The van der Waals surface area contributed by atoms with E-state index < -0.39 is 5.54 Å². The fraction of sp³-hybridized carbons (Fsp3) is 0.294. The molecule has 126 valence electrons. The van der Waals surface area contributed by atoms with Gasteiger partial charge in [0, 0.05) is 0 Å². The third kappa shape index (κ3) is 3.17. The quantitative estimate of drug-likeness (QED) is 0.795. The van der Waals surface area contributed by atoms with Gasteiger partial charge in [-0.2, -0.15) is 0 Å². The number of hydrogen-bond donors (Lipinski definition) is 2. The van der Waals surface area contributed by atoms with Crippen molar-refractivity contribution >= 4 is 34.9 Å². The lowest BCUT2D eigenvalue weighted by atomic mass is 9.92. The van der Waals surface area contributed by atoms with Gasteiger partial charge >= 0.3 is 6.03 Å². The zero-order valence-corrected chi connectivity index (χ0v) is 15.1. The van der Waals surface area contributed by atoms with Gasteiger partial charge in [-0.05, 0) is 24.6 Å². The van der Waals surface area contributed by atoms with Crippen molar-refractivity contribution in [1.82, 2.24) is 10.2 Å². The number of nitrogens with zero attached hydrogens (tertiary/aromatic N) is 1. The summed E-state index contributed by atoms with van der Waals surface area (Å²) in [6.07, 6.45) is 0. The molecule has 1 fully saturated rings. The van der Waals surface area contributed by atoms with E-state index in [0.717, 1.165) is 19.7 Å². The van der Waals surface area contributed by atoms with Gasteiger partial charge in [-0.25, -0.2) is 9.69 Å². The van der Waals surface area contributed by atoms with Gasteiger partial charge in [0.1, 0.15) is 12.1 Å². The van der Waals surface area contributed by atoms with Crippen LogP contribution in [0.25, 0.3) is 0 Å². The number of rotatable bonds is 5. The summed E-state index contributed by atoms with van der Waals surface area (Å²) in [5.74, 6) is -0.220. The number of imide groups is 1. The number of carbonyl (C=O) groups is 2. The summed E-state index contributed by atoms with van der Waals surface area (Å²) in [7, 11) is 1.95.